The summed E-state index contributed by atoms with van der Waals surface area (Å²) in [4.78, 5) is 30.6. The van der Waals surface area contributed by atoms with E-state index in [-0.39, 0.29) is 18.2 Å². The molecule has 25 heavy (non-hydrogen) atoms. The topological polar surface area (TPSA) is 70.5 Å². The van der Waals surface area contributed by atoms with Crippen LogP contribution in [0.4, 0.5) is 0 Å². The minimum absolute atomic E-state index is 0.0102. The molecule has 0 atom stereocenters. The number of piperidine rings is 1. The van der Waals surface area contributed by atoms with Crippen molar-refractivity contribution >= 4 is 34.8 Å². The predicted molar refractivity (Wildman–Crippen MR) is 98.2 cm³/mol. The number of nitrogens with zero attached hydrogens (tertiary/aromatic N) is 2. The Morgan fingerprint density at radius 1 is 1.28 bits per heavy atom. The average molecular weight is 379 g/mol. The first-order valence-corrected chi connectivity index (χ1v) is 9.38. The standard InChI is InChI=1S/C18H19ClN2O3S/c1-11-16(25-17(20-11)13-2-4-14(19)5-3-13)18(24)21-8-6-12(7-9-21)10-15(22)23/h2-5,12H,6-10H2,1H3,(H,22,23). The lowest BCUT2D eigenvalue weighted by Gasteiger charge is -2.31. The molecule has 1 aliphatic rings. The van der Waals surface area contributed by atoms with Gasteiger partial charge in [0.25, 0.3) is 5.91 Å². The van der Waals surface area contributed by atoms with Gasteiger partial charge >= 0.3 is 5.97 Å². The Morgan fingerprint density at radius 3 is 2.52 bits per heavy atom. The summed E-state index contributed by atoms with van der Waals surface area (Å²) in [5.41, 5.74) is 1.67. The molecule has 0 spiro atoms. The van der Waals surface area contributed by atoms with Gasteiger partial charge in [-0.2, -0.15) is 0 Å². The minimum atomic E-state index is -0.768. The SMILES string of the molecule is Cc1nc(-c2ccc(Cl)cc2)sc1C(=O)N1CCC(CC(=O)O)CC1. The highest BCUT2D eigenvalue weighted by Crippen LogP contribution is 2.31. The summed E-state index contributed by atoms with van der Waals surface area (Å²) in [6, 6.07) is 7.41. The molecule has 1 saturated heterocycles. The minimum Gasteiger partial charge on any atom is -0.481 e. The van der Waals surface area contributed by atoms with Gasteiger partial charge in [0.15, 0.2) is 0 Å². The molecule has 1 aromatic carbocycles. The van der Waals surface area contributed by atoms with Crippen LogP contribution in [0.2, 0.25) is 5.02 Å². The first-order chi connectivity index (χ1) is 11.9. The summed E-state index contributed by atoms with van der Waals surface area (Å²) in [7, 11) is 0. The van der Waals surface area contributed by atoms with Gasteiger partial charge in [-0.05, 0) is 37.8 Å². The highest BCUT2D eigenvalue weighted by molar-refractivity contribution is 7.17. The molecular formula is C18H19ClN2O3S. The largest absolute Gasteiger partial charge is 0.481 e. The summed E-state index contributed by atoms with van der Waals surface area (Å²) in [6.07, 6.45) is 1.65. The maximum absolute atomic E-state index is 12.8. The number of aryl methyl sites for hydroxylation is 1. The predicted octanol–water partition coefficient (Wildman–Crippen LogP) is 4.10. The van der Waals surface area contributed by atoms with Gasteiger partial charge in [0, 0.05) is 30.1 Å². The molecular weight excluding hydrogens is 360 g/mol. The molecule has 1 N–H and O–H groups in total. The van der Waals surface area contributed by atoms with Crippen LogP contribution >= 0.6 is 22.9 Å². The number of thiazole rings is 1. The number of carbonyl (C=O) groups excluding carboxylic acids is 1. The molecule has 3 rings (SSSR count). The zero-order valence-electron chi connectivity index (χ0n) is 13.9. The van der Waals surface area contributed by atoms with Crippen LogP contribution in [0.1, 0.15) is 34.6 Å². The van der Waals surface area contributed by atoms with E-state index in [0.717, 1.165) is 29.1 Å². The molecule has 132 valence electrons. The number of carbonyl (C=O) groups is 2. The number of benzene rings is 1. The van der Waals surface area contributed by atoms with Crippen molar-refractivity contribution in [3.05, 3.63) is 39.9 Å². The maximum Gasteiger partial charge on any atom is 0.303 e. The lowest BCUT2D eigenvalue weighted by Crippen LogP contribution is -2.38. The number of carboxylic acid groups (broad SMARTS) is 1. The van der Waals surface area contributed by atoms with Crippen LogP contribution in [0.15, 0.2) is 24.3 Å². The molecule has 0 unspecified atom stereocenters. The van der Waals surface area contributed by atoms with E-state index in [0.29, 0.717) is 23.0 Å². The van der Waals surface area contributed by atoms with E-state index >= 15 is 0 Å². The van der Waals surface area contributed by atoms with Crippen molar-refractivity contribution in [3.8, 4) is 10.6 Å². The van der Waals surface area contributed by atoms with E-state index in [4.69, 9.17) is 16.7 Å². The number of aliphatic carboxylic acids is 1. The fraction of sp³-hybridized carbons (Fsp3) is 0.389. The third-order valence-electron chi connectivity index (χ3n) is 4.45. The van der Waals surface area contributed by atoms with Crippen molar-refractivity contribution in [2.24, 2.45) is 5.92 Å². The quantitative estimate of drug-likeness (QED) is 0.869. The van der Waals surface area contributed by atoms with Crippen molar-refractivity contribution in [3.63, 3.8) is 0 Å². The van der Waals surface area contributed by atoms with Crippen LogP contribution in [-0.4, -0.2) is 40.0 Å². The van der Waals surface area contributed by atoms with Crippen molar-refractivity contribution < 1.29 is 14.7 Å². The lowest BCUT2D eigenvalue weighted by molar-refractivity contribution is -0.138. The third-order valence-corrected chi connectivity index (χ3v) is 5.89. The van der Waals surface area contributed by atoms with Crippen LogP contribution in [0.3, 0.4) is 0 Å². The summed E-state index contributed by atoms with van der Waals surface area (Å²) >= 11 is 7.31. The smallest absolute Gasteiger partial charge is 0.303 e. The molecule has 2 heterocycles. The number of hydrogen-bond acceptors (Lipinski definition) is 4. The van der Waals surface area contributed by atoms with E-state index < -0.39 is 5.97 Å². The van der Waals surface area contributed by atoms with Gasteiger partial charge in [-0.25, -0.2) is 4.98 Å². The van der Waals surface area contributed by atoms with Gasteiger partial charge in [-0.1, -0.05) is 23.7 Å². The molecule has 1 aromatic heterocycles. The monoisotopic (exact) mass is 378 g/mol. The fourth-order valence-electron chi connectivity index (χ4n) is 3.04. The van der Waals surface area contributed by atoms with Gasteiger partial charge < -0.3 is 10.0 Å². The Labute approximate surface area is 155 Å². The number of aromatic nitrogens is 1. The number of rotatable bonds is 4. The van der Waals surface area contributed by atoms with Crippen LogP contribution in [0, 0.1) is 12.8 Å². The molecule has 1 fully saturated rings. The van der Waals surface area contributed by atoms with Gasteiger partial charge in [-0.15, -0.1) is 11.3 Å². The Hall–Kier alpha value is -1.92. The van der Waals surface area contributed by atoms with Gasteiger partial charge in [-0.3, -0.25) is 9.59 Å². The fourth-order valence-corrected chi connectivity index (χ4v) is 4.21. The first kappa shape index (κ1) is 17.9. The molecule has 0 saturated carbocycles. The average Bonchev–Trinajstić information content (AvgIpc) is 2.97. The van der Waals surface area contributed by atoms with Crippen molar-refractivity contribution in [2.75, 3.05) is 13.1 Å². The van der Waals surface area contributed by atoms with Crippen molar-refractivity contribution in [1.29, 1.82) is 0 Å². The number of hydrogen-bond donors (Lipinski definition) is 1. The zero-order valence-corrected chi connectivity index (χ0v) is 15.4. The second kappa shape index (κ2) is 7.54. The Bertz CT molecular complexity index is 780. The highest BCUT2D eigenvalue weighted by atomic mass is 35.5. The lowest BCUT2D eigenvalue weighted by atomic mass is 9.93. The first-order valence-electron chi connectivity index (χ1n) is 8.18. The summed E-state index contributed by atoms with van der Waals surface area (Å²) < 4.78 is 0. The third kappa shape index (κ3) is 4.19. The Balaban J connectivity index is 1.71. The van der Waals surface area contributed by atoms with Gasteiger partial charge in [0.1, 0.15) is 9.88 Å². The Kier molecular flexibility index (Phi) is 5.39. The van der Waals surface area contributed by atoms with Crippen LogP contribution in [0.25, 0.3) is 10.6 Å². The number of halogens is 1. The maximum atomic E-state index is 12.8. The molecule has 1 aliphatic heterocycles. The molecule has 0 radical (unpaired) electrons. The van der Waals surface area contributed by atoms with E-state index in [1.54, 1.807) is 0 Å². The van der Waals surface area contributed by atoms with Crippen molar-refractivity contribution in [2.45, 2.75) is 26.2 Å². The number of amides is 1. The Morgan fingerprint density at radius 2 is 1.92 bits per heavy atom. The van der Waals surface area contributed by atoms with E-state index in [1.165, 1.54) is 11.3 Å². The zero-order chi connectivity index (χ0) is 18.0. The summed E-state index contributed by atoms with van der Waals surface area (Å²) in [6.45, 7) is 3.05. The number of carboxylic acids is 1. The van der Waals surface area contributed by atoms with E-state index in [2.05, 4.69) is 4.98 Å². The molecule has 0 bridgehead atoms. The van der Waals surface area contributed by atoms with Crippen molar-refractivity contribution in [1.82, 2.24) is 9.88 Å². The van der Waals surface area contributed by atoms with Crippen LogP contribution in [-0.2, 0) is 4.79 Å². The number of likely N-dealkylation sites (tertiary alicyclic amines) is 1. The molecule has 7 heteroatoms. The van der Waals surface area contributed by atoms with Gasteiger partial charge in [0.2, 0.25) is 0 Å². The van der Waals surface area contributed by atoms with Crippen LogP contribution in [0.5, 0.6) is 0 Å². The molecule has 2 aromatic rings. The van der Waals surface area contributed by atoms with E-state index in [1.807, 2.05) is 36.1 Å². The van der Waals surface area contributed by atoms with Gasteiger partial charge in [0.05, 0.1) is 5.69 Å². The van der Waals surface area contributed by atoms with Crippen LogP contribution < -0.4 is 0 Å². The summed E-state index contributed by atoms with van der Waals surface area (Å²) in [5.74, 6) is -0.617. The normalized spacial score (nSPS) is 15.4. The van der Waals surface area contributed by atoms with E-state index in [9.17, 15) is 9.59 Å². The highest BCUT2D eigenvalue weighted by Gasteiger charge is 2.27. The molecule has 1 amide bonds. The second-order valence-corrected chi connectivity index (χ2v) is 7.71. The summed E-state index contributed by atoms with van der Waals surface area (Å²) in [5, 5.41) is 10.4. The second-order valence-electron chi connectivity index (χ2n) is 6.27. The molecule has 0 aliphatic carbocycles. The molecule has 5 nitrogen and oxygen atoms in total.